The maximum Gasteiger partial charge on any atom is 0.416 e. The number of carbonyl (C=O) groups is 1. The summed E-state index contributed by atoms with van der Waals surface area (Å²) in [5, 5.41) is 6.71. The van der Waals surface area contributed by atoms with Gasteiger partial charge < -0.3 is 10.1 Å². The number of aromatic nitrogens is 3. The van der Waals surface area contributed by atoms with E-state index < -0.39 is 23.4 Å². The van der Waals surface area contributed by atoms with E-state index in [2.05, 4.69) is 15.4 Å². The molecule has 0 spiro atoms. The maximum atomic E-state index is 12.6. The number of amides is 1. The minimum Gasteiger partial charge on any atom is -0.444 e. The number of ether oxygens (including phenoxy) is 1. The van der Waals surface area contributed by atoms with Gasteiger partial charge in [0.1, 0.15) is 11.4 Å². The second-order valence-corrected chi connectivity index (χ2v) is 6.41. The van der Waals surface area contributed by atoms with E-state index >= 15 is 0 Å². The summed E-state index contributed by atoms with van der Waals surface area (Å²) in [7, 11) is 1.63. The van der Waals surface area contributed by atoms with Crippen molar-refractivity contribution in [1.82, 2.24) is 20.1 Å². The lowest BCUT2D eigenvalue weighted by molar-refractivity contribution is -0.137. The summed E-state index contributed by atoms with van der Waals surface area (Å²) in [5.74, 6) is 0.720. The van der Waals surface area contributed by atoms with E-state index in [0.29, 0.717) is 11.4 Å². The molecular weight excluding hydrogens is 337 g/mol. The van der Waals surface area contributed by atoms with Crippen LogP contribution in [0.2, 0.25) is 0 Å². The number of benzene rings is 1. The summed E-state index contributed by atoms with van der Waals surface area (Å²) in [6, 6.07) is 4.57. The van der Waals surface area contributed by atoms with E-state index in [-0.39, 0.29) is 12.4 Å². The van der Waals surface area contributed by atoms with Crippen molar-refractivity contribution in [2.45, 2.75) is 39.1 Å². The average molecular weight is 356 g/mol. The van der Waals surface area contributed by atoms with E-state index in [9.17, 15) is 18.0 Å². The quantitative estimate of drug-likeness (QED) is 0.914. The monoisotopic (exact) mass is 356 g/mol. The van der Waals surface area contributed by atoms with Gasteiger partial charge in [0, 0.05) is 12.6 Å². The molecule has 1 aromatic carbocycles. The van der Waals surface area contributed by atoms with Crippen LogP contribution in [0, 0.1) is 0 Å². The Morgan fingerprint density at radius 2 is 1.80 bits per heavy atom. The molecule has 1 heterocycles. The molecule has 25 heavy (non-hydrogen) atoms. The predicted molar refractivity (Wildman–Crippen MR) is 84.5 cm³/mol. The van der Waals surface area contributed by atoms with Crippen molar-refractivity contribution in [2.24, 2.45) is 7.05 Å². The minimum atomic E-state index is -4.39. The van der Waals surface area contributed by atoms with Crippen LogP contribution in [-0.4, -0.2) is 26.5 Å². The van der Waals surface area contributed by atoms with Gasteiger partial charge in [-0.25, -0.2) is 9.78 Å². The zero-order valence-corrected chi connectivity index (χ0v) is 14.3. The van der Waals surface area contributed by atoms with Crippen LogP contribution in [0.25, 0.3) is 11.4 Å². The average Bonchev–Trinajstić information content (AvgIpc) is 2.84. The van der Waals surface area contributed by atoms with E-state index in [4.69, 9.17) is 4.74 Å². The molecule has 9 heteroatoms. The molecule has 0 aliphatic carbocycles. The van der Waals surface area contributed by atoms with Crippen LogP contribution in [0.15, 0.2) is 24.3 Å². The van der Waals surface area contributed by atoms with Gasteiger partial charge in [0.05, 0.1) is 12.1 Å². The van der Waals surface area contributed by atoms with Crippen LogP contribution < -0.4 is 5.32 Å². The number of hydrogen-bond donors (Lipinski definition) is 1. The van der Waals surface area contributed by atoms with Crippen molar-refractivity contribution >= 4 is 6.09 Å². The Bertz CT molecular complexity index is 746. The number of alkyl carbamates (subject to hydrolysis) is 1. The van der Waals surface area contributed by atoms with Gasteiger partial charge in [-0.2, -0.15) is 18.3 Å². The van der Waals surface area contributed by atoms with Gasteiger partial charge in [-0.3, -0.25) is 4.68 Å². The van der Waals surface area contributed by atoms with Gasteiger partial charge >= 0.3 is 12.3 Å². The molecule has 1 N–H and O–H groups in total. The lowest BCUT2D eigenvalue weighted by atomic mass is 10.1. The van der Waals surface area contributed by atoms with Crippen molar-refractivity contribution in [3.8, 4) is 11.4 Å². The Morgan fingerprint density at radius 1 is 1.20 bits per heavy atom. The SMILES string of the molecule is Cn1nc(-c2ccc(C(F)(F)F)cc2)nc1CNC(=O)OC(C)(C)C. The third-order valence-corrected chi connectivity index (χ3v) is 3.11. The molecule has 0 aliphatic heterocycles. The number of aryl methyl sites for hydroxylation is 1. The third-order valence-electron chi connectivity index (χ3n) is 3.11. The van der Waals surface area contributed by atoms with Crippen molar-refractivity contribution in [3.63, 3.8) is 0 Å². The normalized spacial score (nSPS) is 12.1. The molecule has 0 atom stereocenters. The number of nitrogens with one attached hydrogen (secondary N) is 1. The lowest BCUT2D eigenvalue weighted by Crippen LogP contribution is -2.32. The van der Waals surface area contributed by atoms with Gasteiger partial charge in [0.2, 0.25) is 0 Å². The Labute approximate surface area is 143 Å². The molecular formula is C16H19F3N4O2. The molecule has 136 valence electrons. The molecule has 0 saturated heterocycles. The highest BCUT2D eigenvalue weighted by Gasteiger charge is 2.30. The highest BCUT2D eigenvalue weighted by molar-refractivity contribution is 5.67. The molecule has 0 radical (unpaired) electrons. The second-order valence-electron chi connectivity index (χ2n) is 6.41. The van der Waals surface area contributed by atoms with Crippen LogP contribution in [0.5, 0.6) is 0 Å². The summed E-state index contributed by atoms with van der Waals surface area (Å²) in [4.78, 5) is 15.9. The largest absolute Gasteiger partial charge is 0.444 e. The third kappa shape index (κ3) is 5.20. The molecule has 6 nitrogen and oxygen atoms in total. The summed E-state index contributed by atoms with van der Waals surface area (Å²) < 4.78 is 44.4. The van der Waals surface area contributed by atoms with E-state index in [1.807, 2.05) is 0 Å². The smallest absolute Gasteiger partial charge is 0.416 e. The standard InChI is InChI=1S/C16H19F3N4O2/c1-15(2,3)25-14(24)20-9-12-21-13(22-23(12)4)10-5-7-11(8-6-10)16(17,18)19/h5-8H,9H2,1-4H3,(H,20,24). The van der Waals surface area contributed by atoms with Crippen molar-refractivity contribution in [3.05, 3.63) is 35.7 Å². The van der Waals surface area contributed by atoms with Crippen LogP contribution in [-0.2, 0) is 24.5 Å². The Kier molecular flexibility index (Phi) is 5.05. The van der Waals surface area contributed by atoms with Crippen LogP contribution in [0.3, 0.4) is 0 Å². The molecule has 0 unspecified atom stereocenters. The zero-order chi connectivity index (χ0) is 18.8. The maximum absolute atomic E-state index is 12.6. The first-order valence-corrected chi connectivity index (χ1v) is 7.50. The first kappa shape index (κ1) is 18.8. The molecule has 1 amide bonds. The van der Waals surface area contributed by atoms with Gasteiger partial charge in [0.15, 0.2) is 5.82 Å². The first-order chi connectivity index (χ1) is 11.5. The van der Waals surface area contributed by atoms with E-state index in [1.165, 1.54) is 16.8 Å². The van der Waals surface area contributed by atoms with Crippen molar-refractivity contribution < 1.29 is 22.7 Å². The number of hydrogen-bond acceptors (Lipinski definition) is 4. The molecule has 0 saturated carbocycles. The first-order valence-electron chi connectivity index (χ1n) is 7.50. The number of nitrogens with zero attached hydrogens (tertiary/aromatic N) is 3. The predicted octanol–water partition coefficient (Wildman–Crippen LogP) is 3.53. The molecule has 0 bridgehead atoms. The van der Waals surface area contributed by atoms with Crippen LogP contribution in [0.1, 0.15) is 32.2 Å². The highest BCUT2D eigenvalue weighted by atomic mass is 19.4. The number of alkyl halides is 3. The second kappa shape index (κ2) is 6.73. The Balaban J connectivity index is 2.08. The van der Waals surface area contributed by atoms with Crippen molar-refractivity contribution in [1.29, 1.82) is 0 Å². The summed E-state index contributed by atoms with van der Waals surface area (Å²) in [6.07, 6.45) is -4.98. The van der Waals surface area contributed by atoms with Gasteiger partial charge in [-0.15, -0.1) is 0 Å². The number of rotatable bonds is 3. The summed E-state index contributed by atoms with van der Waals surface area (Å²) in [5.41, 5.74) is -0.902. The molecule has 2 rings (SSSR count). The molecule has 2 aromatic rings. The molecule has 1 aromatic heterocycles. The minimum absolute atomic E-state index is 0.0824. The number of carbonyl (C=O) groups excluding carboxylic acids is 1. The topological polar surface area (TPSA) is 69.0 Å². The zero-order valence-electron chi connectivity index (χ0n) is 14.3. The van der Waals surface area contributed by atoms with Crippen LogP contribution >= 0.6 is 0 Å². The highest BCUT2D eigenvalue weighted by Crippen LogP contribution is 2.30. The Hall–Kier alpha value is -2.58. The Morgan fingerprint density at radius 3 is 2.32 bits per heavy atom. The lowest BCUT2D eigenvalue weighted by Gasteiger charge is -2.19. The van der Waals surface area contributed by atoms with Crippen molar-refractivity contribution in [2.75, 3.05) is 0 Å². The van der Waals surface area contributed by atoms with Gasteiger partial charge in [-0.05, 0) is 32.9 Å². The molecule has 0 fully saturated rings. The summed E-state index contributed by atoms with van der Waals surface area (Å²) in [6.45, 7) is 5.33. The number of halogens is 3. The fraction of sp³-hybridized carbons (Fsp3) is 0.438. The van der Waals surface area contributed by atoms with Crippen LogP contribution in [0.4, 0.5) is 18.0 Å². The van der Waals surface area contributed by atoms with Gasteiger partial charge in [0.25, 0.3) is 0 Å². The van der Waals surface area contributed by atoms with E-state index in [1.54, 1.807) is 27.8 Å². The fourth-order valence-corrected chi connectivity index (χ4v) is 1.97. The molecule has 0 aliphatic rings. The fourth-order valence-electron chi connectivity index (χ4n) is 1.97. The van der Waals surface area contributed by atoms with E-state index in [0.717, 1.165) is 12.1 Å². The van der Waals surface area contributed by atoms with Gasteiger partial charge in [-0.1, -0.05) is 12.1 Å². The summed E-state index contributed by atoms with van der Waals surface area (Å²) >= 11 is 0.